The van der Waals surface area contributed by atoms with Gasteiger partial charge in [-0.2, -0.15) is 0 Å². The highest BCUT2D eigenvalue weighted by Gasteiger charge is 2.45. The van der Waals surface area contributed by atoms with Crippen LogP contribution in [-0.4, -0.2) is 98.6 Å². The van der Waals surface area contributed by atoms with Crippen LogP contribution in [0.15, 0.2) is 0 Å². The molecule has 2 aliphatic heterocycles. The van der Waals surface area contributed by atoms with Gasteiger partial charge < -0.3 is 19.5 Å². The number of alkyl halides is 1. The van der Waals surface area contributed by atoms with Crippen LogP contribution in [0, 0.1) is 0 Å². The fraction of sp³-hybridized carbons (Fsp3) is 0.818. The third-order valence-electron chi connectivity index (χ3n) is 5.61. The van der Waals surface area contributed by atoms with Crippen molar-refractivity contribution in [1.29, 1.82) is 0 Å². The summed E-state index contributed by atoms with van der Waals surface area (Å²) in [4.78, 5) is 52.7. The Morgan fingerprint density at radius 1 is 1.00 bits per heavy atom. The molecule has 2 heterocycles. The lowest BCUT2D eigenvalue weighted by atomic mass is 10.1. The minimum absolute atomic E-state index is 0.0372. The number of rotatable bonds is 6. The number of carbonyl (C=O) groups is 4. The van der Waals surface area contributed by atoms with Gasteiger partial charge in [-0.05, 0) is 26.8 Å². The first-order chi connectivity index (χ1) is 15.6. The van der Waals surface area contributed by atoms with Gasteiger partial charge in [0.1, 0.15) is 23.9 Å². The van der Waals surface area contributed by atoms with E-state index in [0.29, 0.717) is 0 Å². The molecule has 0 saturated carbocycles. The Morgan fingerprint density at radius 2 is 1.62 bits per heavy atom. The maximum Gasteiger partial charge on any atom is 0.411 e. The van der Waals surface area contributed by atoms with Gasteiger partial charge in [-0.1, -0.05) is 19.6 Å². The molecule has 2 rings (SSSR count). The van der Waals surface area contributed by atoms with Crippen molar-refractivity contribution in [2.24, 2.45) is 0 Å². The van der Waals surface area contributed by atoms with E-state index in [-0.39, 0.29) is 32.5 Å². The van der Waals surface area contributed by atoms with Gasteiger partial charge in [-0.3, -0.25) is 14.6 Å². The molecule has 4 atom stereocenters. The minimum atomic E-state index is -1.41. The molecule has 0 spiro atoms. The average molecular weight is 504 g/mol. The van der Waals surface area contributed by atoms with Crippen molar-refractivity contribution in [2.75, 3.05) is 26.8 Å². The first-order valence-electron chi connectivity index (χ1n) is 11.6. The fourth-order valence-corrected chi connectivity index (χ4v) is 4.60. The van der Waals surface area contributed by atoms with E-state index in [2.05, 4.69) is 25.0 Å². The lowest BCUT2D eigenvalue weighted by Gasteiger charge is -2.28. The van der Waals surface area contributed by atoms with E-state index in [9.17, 15) is 23.6 Å². The molecule has 0 aromatic rings. The van der Waals surface area contributed by atoms with E-state index in [1.54, 1.807) is 20.8 Å². The molecule has 2 aliphatic rings. The monoisotopic (exact) mass is 503 g/mol. The second-order valence-corrected chi connectivity index (χ2v) is 16.7. The van der Waals surface area contributed by atoms with Crippen LogP contribution in [0.5, 0.6) is 0 Å². The number of halogens is 1. The Hall–Kier alpha value is -2.37. The zero-order valence-corrected chi connectivity index (χ0v) is 22.2. The van der Waals surface area contributed by atoms with Crippen LogP contribution in [0.1, 0.15) is 33.6 Å². The molecule has 194 valence electrons. The lowest BCUT2D eigenvalue weighted by molar-refractivity contribution is -0.145. The Kier molecular flexibility index (Phi) is 8.95. The summed E-state index contributed by atoms with van der Waals surface area (Å²) < 4.78 is 29.6. The van der Waals surface area contributed by atoms with E-state index in [1.807, 2.05) is 0 Å². The molecule has 2 saturated heterocycles. The van der Waals surface area contributed by atoms with Crippen LogP contribution >= 0.6 is 0 Å². The number of likely N-dealkylation sites (tertiary alicyclic amines) is 2. The molecule has 10 nitrogen and oxygen atoms in total. The van der Waals surface area contributed by atoms with Gasteiger partial charge in [0.15, 0.2) is 0 Å². The molecule has 0 aromatic carbocycles. The number of hydrogen-bond acceptors (Lipinski definition) is 7. The molecule has 0 aliphatic carbocycles. The van der Waals surface area contributed by atoms with Crippen LogP contribution in [0.4, 0.5) is 14.0 Å². The number of nitrogens with zero attached hydrogens (tertiary/aromatic N) is 2. The molecule has 3 amide bonds. The van der Waals surface area contributed by atoms with Crippen molar-refractivity contribution in [3.8, 4) is 0 Å². The van der Waals surface area contributed by atoms with Crippen molar-refractivity contribution in [1.82, 2.24) is 15.1 Å². The maximum absolute atomic E-state index is 14.1. The maximum atomic E-state index is 14.1. The largest absolute Gasteiger partial charge is 0.467 e. The van der Waals surface area contributed by atoms with E-state index < -0.39 is 62.0 Å². The molecule has 0 radical (unpaired) electrons. The Bertz CT molecular complexity index is 783. The molecule has 0 bridgehead atoms. The Labute approximate surface area is 201 Å². The van der Waals surface area contributed by atoms with E-state index in [4.69, 9.17) is 14.2 Å². The fourth-order valence-electron chi connectivity index (χ4n) is 3.88. The molecule has 2 fully saturated rings. The number of esters is 1. The van der Waals surface area contributed by atoms with Gasteiger partial charge in [0.2, 0.25) is 5.91 Å². The summed E-state index contributed by atoms with van der Waals surface area (Å²) in [5, 5.41) is 2.76. The van der Waals surface area contributed by atoms with Crippen LogP contribution in [0.25, 0.3) is 0 Å². The summed E-state index contributed by atoms with van der Waals surface area (Å²) in [5.41, 5.74) is -0.790. The molecule has 0 unspecified atom stereocenters. The van der Waals surface area contributed by atoms with Crippen LogP contribution in [-0.2, 0) is 23.8 Å². The van der Waals surface area contributed by atoms with E-state index in [0.717, 1.165) is 10.9 Å². The predicted molar refractivity (Wildman–Crippen MR) is 125 cm³/mol. The predicted octanol–water partition coefficient (Wildman–Crippen LogP) is 2.54. The van der Waals surface area contributed by atoms with Gasteiger partial charge in [-0.15, -0.1) is 0 Å². The zero-order chi connectivity index (χ0) is 25.8. The first kappa shape index (κ1) is 27.9. The van der Waals surface area contributed by atoms with Crippen LogP contribution in [0.2, 0.25) is 25.7 Å². The highest BCUT2D eigenvalue weighted by atomic mass is 28.3. The third-order valence-corrected chi connectivity index (χ3v) is 7.32. The van der Waals surface area contributed by atoms with Crippen LogP contribution < -0.4 is 5.32 Å². The highest BCUT2D eigenvalue weighted by molar-refractivity contribution is 6.76. The summed E-state index contributed by atoms with van der Waals surface area (Å²) in [6.45, 7) is 11.6. The Morgan fingerprint density at radius 3 is 2.18 bits per heavy atom. The van der Waals surface area contributed by atoms with Crippen LogP contribution in [0.3, 0.4) is 0 Å². The second-order valence-electron chi connectivity index (χ2n) is 11.0. The first-order valence-corrected chi connectivity index (χ1v) is 15.3. The number of methoxy groups -OCH3 is 1. The Balaban J connectivity index is 2.04. The molecular weight excluding hydrogens is 465 g/mol. The van der Waals surface area contributed by atoms with Crippen molar-refractivity contribution in [3.05, 3.63) is 0 Å². The number of nitrogens with one attached hydrogen (secondary N) is 1. The quantitative estimate of drug-likeness (QED) is 0.337. The SMILES string of the molecule is COC(=O)[C@H]1C[C@@H](NC(=O)[C@@H]2C[C@H](F)CN2C(=O)OC(C)(C)C)CN1C(=O)OCC[Si](C)(C)C. The second kappa shape index (κ2) is 10.9. The van der Waals surface area contributed by atoms with E-state index >= 15 is 0 Å². The van der Waals surface area contributed by atoms with Crippen molar-refractivity contribution >= 4 is 32.1 Å². The minimum Gasteiger partial charge on any atom is -0.467 e. The van der Waals surface area contributed by atoms with Crippen molar-refractivity contribution in [3.63, 3.8) is 0 Å². The average Bonchev–Trinajstić information content (AvgIpc) is 3.29. The van der Waals surface area contributed by atoms with Gasteiger partial charge >= 0.3 is 18.2 Å². The van der Waals surface area contributed by atoms with Gasteiger partial charge in [-0.25, -0.2) is 18.8 Å². The number of amides is 3. The topological polar surface area (TPSA) is 114 Å². The zero-order valence-electron chi connectivity index (χ0n) is 21.2. The lowest BCUT2D eigenvalue weighted by Crippen LogP contribution is -2.50. The molecule has 12 heteroatoms. The summed E-state index contributed by atoms with van der Waals surface area (Å²) >= 11 is 0. The normalized spacial score (nSPS) is 25.2. The standard InChI is InChI=1S/C22H38FN3O7Si/c1-22(2,3)33-21(30)25-12-14(23)10-16(25)18(27)24-15-11-17(19(28)31-4)26(13-15)20(29)32-8-9-34(5,6)7/h14-17H,8-13H2,1-7H3,(H,24,27)/t14-,15+,16-,17+/m0/s1. The van der Waals surface area contributed by atoms with Crippen molar-refractivity contribution in [2.45, 2.75) is 89.2 Å². The van der Waals surface area contributed by atoms with Gasteiger partial charge in [0.05, 0.1) is 20.3 Å². The summed E-state index contributed by atoms with van der Waals surface area (Å²) in [5.74, 6) is -1.17. The number of carbonyl (C=O) groups excluding carboxylic acids is 4. The van der Waals surface area contributed by atoms with Gasteiger partial charge in [0.25, 0.3) is 0 Å². The molecule has 34 heavy (non-hydrogen) atoms. The third kappa shape index (κ3) is 7.85. The van der Waals surface area contributed by atoms with Gasteiger partial charge in [0, 0.05) is 33.5 Å². The van der Waals surface area contributed by atoms with E-state index in [1.165, 1.54) is 12.0 Å². The highest BCUT2D eigenvalue weighted by Crippen LogP contribution is 2.25. The summed E-state index contributed by atoms with van der Waals surface area (Å²) in [6, 6.07) is -1.75. The smallest absolute Gasteiger partial charge is 0.411 e. The van der Waals surface area contributed by atoms with Crippen molar-refractivity contribution < 1.29 is 37.8 Å². The number of ether oxygens (including phenoxy) is 3. The summed E-state index contributed by atoms with van der Waals surface area (Å²) in [6.07, 6.45) is -2.79. The molecule has 0 aromatic heterocycles. The number of hydrogen-bond donors (Lipinski definition) is 1. The summed E-state index contributed by atoms with van der Waals surface area (Å²) in [7, 11) is -0.190. The molecule has 1 N–H and O–H groups in total. The molecular formula is C22H38FN3O7Si.